The maximum atomic E-state index is 12.8. The fourth-order valence-corrected chi connectivity index (χ4v) is 4.14. The molecule has 0 aliphatic carbocycles. The second-order valence-electron chi connectivity index (χ2n) is 9.57. The van der Waals surface area contributed by atoms with E-state index in [4.69, 9.17) is 19.0 Å². The van der Waals surface area contributed by atoms with Crippen molar-refractivity contribution in [1.82, 2.24) is 4.57 Å². The minimum atomic E-state index is -0.894. The van der Waals surface area contributed by atoms with E-state index in [0.717, 1.165) is 48.0 Å². The molecule has 0 radical (unpaired) electrons. The lowest BCUT2D eigenvalue weighted by atomic mass is 9.90. The van der Waals surface area contributed by atoms with E-state index in [-0.39, 0.29) is 12.9 Å². The van der Waals surface area contributed by atoms with Crippen LogP contribution in [0.1, 0.15) is 52.0 Å². The monoisotopic (exact) mass is 444 g/mol. The number of hydrogen-bond donors (Lipinski definition) is 1. The number of hydrogen-bond acceptors (Lipinski definition) is 7. The molecular formula is C24H32N2O6. The number of aliphatic hydroxyl groups excluding tert-OH is 1. The standard InChI is InChI=1S/C24H32N2O6/c1-23(2,3)31-22(28)26-14-17(19-8-4-5-9-20(19)26)12-24(16-27)13-18(25-32-24)15-30-21-10-6-7-11-29-21/h4-5,8-9,14,21,27H,6-7,10-13,15-16H2,1-3H3/t21?,24-/m1/s1. The third-order valence-corrected chi connectivity index (χ3v) is 5.65. The summed E-state index contributed by atoms with van der Waals surface area (Å²) < 4.78 is 18.5. The summed E-state index contributed by atoms with van der Waals surface area (Å²) in [6, 6.07) is 7.64. The van der Waals surface area contributed by atoms with Crippen LogP contribution < -0.4 is 0 Å². The zero-order chi connectivity index (χ0) is 22.8. The first-order chi connectivity index (χ1) is 15.3. The Morgan fingerprint density at radius 1 is 1.31 bits per heavy atom. The summed E-state index contributed by atoms with van der Waals surface area (Å²) in [5.41, 5.74) is 0.878. The molecule has 1 saturated heterocycles. The minimum absolute atomic E-state index is 0.203. The van der Waals surface area contributed by atoms with Crippen molar-refractivity contribution in [2.45, 2.75) is 70.4 Å². The molecule has 2 aliphatic rings. The van der Waals surface area contributed by atoms with Gasteiger partial charge in [-0.1, -0.05) is 23.4 Å². The van der Waals surface area contributed by atoms with Crippen molar-refractivity contribution in [1.29, 1.82) is 0 Å². The van der Waals surface area contributed by atoms with Gasteiger partial charge in [-0.25, -0.2) is 4.79 Å². The largest absolute Gasteiger partial charge is 0.443 e. The molecule has 174 valence electrons. The van der Waals surface area contributed by atoms with E-state index in [0.29, 0.717) is 19.4 Å². The molecule has 3 heterocycles. The van der Waals surface area contributed by atoms with E-state index in [1.807, 2.05) is 45.0 Å². The number of carbonyl (C=O) groups excluding carboxylic acids is 1. The number of aromatic nitrogens is 1. The van der Waals surface area contributed by atoms with Gasteiger partial charge in [0, 0.05) is 31.0 Å². The van der Waals surface area contributed by atoms with Crippen LogP contribution in [0.25, 0.3) is 10.9 Å². The van der Waals surface area contributed by atoms with Gasteiger partial charge in [-0.2, -0.15) is 0 Å². The van der Waals surface area contributed by atoms with E-state index in [9.17, 15) is 9.90 Å². The molecule has 1 aromatic heterocycles. The molecule has 2 aliphatic heterocycles. The number of carbonyl (C=O) groups is 1. The van der Waals surface area contributed by atoms with Crippen LogP contribution in [0.5, 0.6) is 0 Å². The zero-order valence-electron chi connectivity index (χ0n) is 19.0. The number of aliphatic hydroxyl groups is 1. The highest BCUT2D eigenvalue weighted by Crippen LogP contribution is 2.32. The second-order valence-corrected chi connectivity index (χ2v) is 9.57. The summed E-state index contributed by atoms with van der Waals surface area (Å²) >= 11 is 0. The normalized spacial score (nSPS) is 23.8. The Bertz CT molecular complexity index is 986. The van der Waals surface area contributed by atoms with E-state index in [1.54, 1.807) is 6.20 Å². The van der Waals surface area contributed by atoms with Crippen molar-refractivity contribution in [3.8, 4) is 0 Å². The summed E-state index contributed by atoms with van der Waals surface area (Å²) in [5.74, 6) is 0. The number of para-hydroxylation sites is 1. The molecule has 0 amide bonds. The lowest BCUT2D eigenvalue weighted by Gasteiger charge is -2.24. The van der Waals surface area contributed by atoms with Crippen molar-refractivity contribution >= 4 is 22.7 Å². The first kappa shape index (κ1) is 22.8. The van der Waals surface area contributed by atoms with Crippen molar-refractivity contribution in [3.05, 3.63) is 36.0 Å². The van der Waals surface area contributed by atoms with E-state index < -0.39 is 17.3 Å². The predicted molar refractivity (Wildman–Crippen MR) is 120 cm³/mol. The summed E-state index contributed by atoms with van der Waals surface area (Å²) in [7, 11) is 0. The number of benzene rings is 1. The minimum Gasteiger partial charge on any atom is -0.443 e. The first-order valence-corrected chi connectivity index (χ1v) is 11.2. The molecule has 0 spiro atoms. The van der Waals surface area contributed by atoms with Crippen LogP contribution in [0.3, 0.4) is 0 Å². The van der Waals surface area contributed by atoms with Crippen LogP contribution in [0, 0.1) is 0 Å². The molecule has 2 aromatic rings. The lowest BCUT2D eigenvalue weighted by molar-refractivity contribution is -0.153. The molecule has 1 aromatic carbocycles. The second kappa shape index (κ2) is 9.21. The van der Waals surface area contributed by atoms with Crippen LogP contribution >= 0.6 is 0 Å². The highest BCUT2D eigenvalue weighted by molar-refractivity contribution is 5.92. The summed E-state index contributed by atoms with van der Waals surface area (Å²) in [5, 5.41) is 15.3. The summed E-state index contributed by atoms with van der Waals surface area (Å²) in [6.07, 6.45) is 5.00. The average Bonchev–Trinajstić information content (AvgIpc) is 3.34. The van der Waals surface area contributed by atoms with Gasteiger partial charge in [-0.05, 0) is 51.7 Å². The molecule has 1 unspecified atom stereocenters. The van der Waals surface area contributed by atoms with Gasteiger partial charge in [0.25, 0.3) is 0 Å². The Balaban J connectivity index is 1.49. The van der Waals surface area contributed by atoms with E-state index in [1.165, 1.54) is 4.57 Å². The smallest absolute Gasteiger partial charge is 0.419 e. The molecule has 8 nitrogen and oxygen atoms in total. The third kappa shape index (κ3) is 5.14. The van der Waals surface area contributed by atoms with Crippen LogP contribution in [0.15, 0.2) is 35.6 Å². The molecule has 2 atom stereocenters. The SMILES string of the molecule is CC(C)(C)OC(=O)n1cc(C[C@]2(CO)CC(COC3CCCCO3)=NO2)c2ccccc21. The van der Waals surface area contributed by atoms with Crippen molar-refractivity contribution < 1.29 is 28.9 Å². The maximum absolute atomic E-state index is 12.8. The maximum Gasteiger partial charge on any atom is 0.419 e. The highest BCUT2D eigenvalue weighted by Gasteiger charge is 2.40. The molecule has 32 heavy (non-hydrogen) atoms. The Morgan fingerprint density at radius 2 is 2.12 bits per heavy atom. The van der Waals surface area contributed by atoms with Gasteiger partial charge >= 0.3 is 6.09 Å². The molecule has 1 N–H and O–H groups in total. The number of rotatable bonds is 6. The van der Waals surface area contributed by atoms with Gasteiger partial charge in [0.1, 0.15) is 5.60 Å². The van der Waals surface area contributed by atoms with Gasteiger partial charge in [0.05, 0.1) is 24.4 Å². The first-order valence-electron chi connectivity index (χ1n) is 11.2. The van der Waals surface area contributed by atoms with Crippen molar-refractivity contribution in [3.63, 3.8) is 0 Å². The van der Waals surface area contributed by atoms with Gasteiger partial charge in [-0.3, -0.25) is 4.57 Å². The number of oxime groups is 1. The van der Waals surface area contributed by atoms with Crippen molar-refractivity contribution in [2.75, 3.05) is 19.8 Å². The van der Waals surface area contributed by atoms with Gasteiger partial charge in [-0.15, -0.1) is 0 Å². The van der Waals surface area contributed by atoms with Crippen LogP contribution in [-0.4, -0.2) is 58.8 Å². The summed E-state index contributed by atoms with van der Waals surface area (Å²) in [4.78, 5) is 18.5. The number of fused-ring (bicyclic) bond motifs is 1. The average molecular weight is 445 g/mol. The zero-order valence-corrected chi connectivity index (χ0v) is 19.0. The highest BCUT2D eigenvalue weighted by atomic mass is 16.7. The molecule has 8 heteroatoms. The Labute approximate surface area is 188 Å². The Morgan fingerprint density at radius 3 is 2.84 bits per heavy atom. The third-order valence-electron chi connectivity index (χ3n) is 5.65. The number of ether oxygens (including phenoxy) is 3. The Hall–Kier alpha value is -2.42. The van der Waals surface area contributed by atoms with Crippen LogP contribution in [0.4, 0.5) is 4.79 Å². The molecule has 4 rings (SSSR count). The van der Waals surface area contributed by atoms with Crippen LogP contribution in [-0.2, 0) is 25.5 Å². The fraction of sp³-hybridized carbons (Fsp3) is 0.583. The topological polar surface area (TPSA) is 91.5 Å². The van der Waals surface area contributed by atoms with Gasteiger partial charge in [0.15, 0.2) is 11.9 Å². The Kier molecular flexibility index (Phi) is 6.55. The van der Waals surface area contributed by atoms with E-state index >= 15 is 0 Å². The van der Waals surface area contributed by atoms with Gasteiger partial charge in [0.2, 0.25) is 0 Å². The fourth-order valence-electron chi connectivity index (χ4n) is 4.14. The molecule has 0 bridgehead atoms. The molecule has 1 fully saturated rings. The lowest BCUT2D eigenvalue weighted by Crippen LogP contribution is -2.37. The summed E-state index contributed by atoms with van der Waals surface area (Å²) in [6.45, 7) is 6.34. The quantitative estimate of drug-likeness (QED) is 0.724. The van der Waals surface area contributed by atoms with Gasteiger partial charge < -0.3 is 24.2 Å². The molecular weight excluding hydrogens is 412 g/mol. The van der Waals surface area contributed by atoms with E-state index in [2.05, 4.69) is 5.16 Å². The van der Waals surface area contributed by atoms with Crippen molar-refractivity contribution in [2.24, 2.45) is 5.16 Å². The number of nitrogens with zero attached hydrogens (tertiary/aromatic N) is 2. The predicted octanol–water partition coefficient (Wildman–Crippen LogP) is 4.02. The molecule has 0 saturated carbocycles. The van der Waals surface area contributed by atoms with Crippen LogP contribution in [0.2, 0.25) is 0 Å².